The zero-order chi connectivity index (χ0) is 18.4. The van der Waals surface area contributed by atoms with Gasteiger partial charge in [0, 0.05) is 18.8 Å². The molecule has 4 N–H and O–H groups in total. The van der Waals surface area contributed by atoms with E-state index in [2.05, 4.69) is 10.6 Å². The number of carbonyl (C=O) groups excluding carboxylic acids is 1. The molecule has 0 aliphatic carbocycles. The van der Waals surface area contributed by atoms with Crippen LogP contribution in [-0.2, 0) is 24.1 Å². The van der Waals surface area contributed by atoms with Crippen LogP contribution in [0.25, 0.3) is 0 Å². The van der Waals surface area contributed by atoms with Crippen LogP contribution in [0.1, 0.15) is 23.6 Å². The van der Waals surface area contributed by atoms with Crippen molar-refractivity contribution in [2.45, 2.75) is 32.2 Å². The number of hydrogen-bond donors (Lipinski definition) is 3. The zero-order valence-electron chi connectivity index (χ0n) is 13.7. The maximum absolute atomic E-state index is 13.0. The largest absolute Gasteiger partial charge is 0.416 e. The smallest absolute Gasteiger partial charge is 0.381 e. The van der Waals surface area contributed by atoms with E-state index in [-0.39, 0.29) is 12.1 Å². The van der Waals surface area contributed by atoms with Gasteiger partial charge in [-0.1, -0.05) is 30.3 Å². The van der Waals surface area contributed by atoms with Gasteiger partial charge in [0.2, 0.25) is 5.91 Å². The number of nitrogens with one attached hydrogen (secondary N) is 2. The maximum atomic E-state index is 13.0. The van der Waals surface area contributed by atoms with Crippen molar-refractivity contribution in [2.24, 2.45) is 5.73 Å². The highest BCUT2D eigenvalue weighted by Crippen LogP contribution is 2.32. The monoisotopic (exact) mass is 351 g/mol. The fraction of sp³-hybridized carbons (Fsp3) is 0.278. The summed E-state index contributed by atoms with van der Waals surface area (Å²) in [5.41, 5.74) is 6.38. The van der Waals surface area contributed by atoms with E-state index in [1.807, 2.05) is 12.1 Å². The Morgan fingerprint density at radius 1 is 1.08 bits per heavy atom. The summed E-state index contributed by atoms with van der Waals surface area (Å²) in [6, 6.07) is 12.3. The van der Waals surface area contributed by atoms with Crippen molar-refractivity contribution in [2.75, 3.05) is 5.32 Å². The second-order valence-electron chi connectivity index (χ2n) is 5.71. The Bertz CT molecular complexity index is 714. The maximum Gasteiger partial charge on any atom is 0.416 e. The van der Waals surface area contributed by atoms with Crippen LogP contribution in [-0.4, -0.2) is 11.9 Å². The first-order valence-electron chi connectivity index (χ1n) is 7.78. The molecule has 0 saturated heterocycles. The summed E-state index contributed by atoms with van der Waals surface area (Å²) >= 11 is 0. The molecule has 0 aliphatic rings. The van der Waals surface area contributed by atoms with Gasteiger partial charge in [-0.15, -0.1) is 0 Å². The van der Waals surface area contributed by atoms with Crippen molar-refractivity contribution in [3.05, 3.63) is 65.2 Å². The van der Waals surface area contributed by atoms with Crippen molar-refractivity contribution in [3.8, 4) is 0 Å². The second-order valence-corrected chi connectivity index (χ2v) is 5.71. The molecule has 0 heterocycles. The average Bonchev–Trinajstić information content (AvgIpc) is 2.58. The molecule has 0 fully saturated rings. The highest BCUT2D eigenvalue weighted by Gasteiger charge is 2.32. The normalized spacial score (nSPS) is 12.6. The molecular weight excluding hydrogens is 331 g/mol. The van der Waals surface area contributed by atoms with Gasteiger partial charge in [0.05, 0.1) is 11.6 Å². The molecule has 0 radical (unpaired) electrons. The molecule has 0 bridgehead atoms. The summed E-state index contributed by atoms with van der Waals surface area (Å²) in [4.78, 5) is 11.0. The van der Waals surface area contributed by atoms with Crippen molar-refractivity contribution < 1.29 is 18.0 Å². The predicted octanol–water partition coefficient (Wildman–Crippen LogP) is 3.28. The molecule has 1 atom stereocenters. The molecular formula is C18H20F3N3O. The molecule has 4 nitrogen and oxygen atoms in total. The third-order valence-electron chi connectivity index (χ3n) is 3.80. The summed E-state index contributed by atoms with van der Waals surface area (Å²) in [6.45, 7) is 2.23. The van der Waals surface area contributed by atoms with Crippen LogP contribution in [0.15, 0.2) is 48.5 Å². The van der Waals surface area contributed by atoms with Crippen LogP contribution >= 0.6 is 0 Å². The van der Waals surface area contributed by atoms with E-state index in [0.717, 1.165) is 11.6 Å². The minimum atomic E-state index is -4.37. The van der Waals surface area contributed by atoms with Crippen LogP contribution in [0, 0.1) is 0 Å². The van der Waals surface area contributed by atoms with Crippen LogP contribution in [0.4, 0.5) is 18.9 Å². The van der Waals surface area contributed by atoms with E-state index in [4.69, 9.17) is 5.73 Å². The fourth-order valence-electron chi connectivity index (χ4n) is 2.26. The lowest BCUT2D eigenvalue weighted by Crippen LogP contribution is -2.38. The number of nitrogens with two attached hydrogens (primary N) is 1. The molecule has 0 spiro atoms. The van der Waals surface area contributed by atoms with Gasteiger partial charge in [-0.2, -0.15) is 13.2 Å². The molecule has 1 unspecified atom stereocenters. The summed E-state index contributed by atoms with van der Waals surface area (Å²) < 4.78 is 38.9. The molecule has 1 amide bonds. The summed E-state index contributed by atoms with van der Waals surface area (Å²) in [7, 11) is 0. The topological polar surface area (TPSA) is 67.2 Å². The number of benzene rings is 2. The van der Waals surface area contributed by atoms with Crippen molar-refractivity contribution in [1.82, 2.24) is 5.32 Å². The number of carbonyl (C=O) groups is 1. The zero-order valence-corrected chi connectivity index (χ0v) is 13.7. The molecule has 2 aromatic carbocycles. The van der Waals surface area contributed by atoms with Gasteiger partial charge < -0.3 is 16.4 Å². The van der Waals surface area contributed by atoms with E-state index in [9.17, 15) is 18.0 Å². The third-order valence-corrected chi connectivity index (χ3v) is 3.80. The Morgan fingerprint density at radius 2 is 1.72 bits per heavy atom. The van der Waals surface area contributed by atoms with Crippen molar-refractivity contribution in [3.63, 3.8) is 0 Å². The van der Waals surface area contributed by atoms with E-state index in [1.54, 1.807) is 25.1 Å². The number of halogens is 3. The Kier molecular flexibility index (Phi) is 6.03. The second kappa shape index (κ2) is 8.02. The number of rotatable bonds is 7. The van der Waals surface area contributed by atoms with Gasteiger partial charge >= 0.3 is 6.18 Å². The molecule has 134 valence electrons. The van der Waals surface area contributed by atoms with Crippen molar-refractivity contribution in [1.29, 1.82) is 0 Å². The average molecular weight is 351 g/mol. The van der Waals surface area contributed by atoms with Gasteiger partial charge in [0.25, 0.3) is 0 Å². The van der Waals surface area contributed by atoms with Gasteiger partial charge in [0.15, 0.2) is 0 Å². The highest BCUT2D eigenvalue weighted by atomic mass is 19.4. The number of hydrogen-bond acceptors (Lipinski definition) is 3. The number of primary amides is 1. The van der Waals surface area contributed by atoms with E-state index < -0.39 is 23.7 Å². The Morgan fingerprint density at radius 3 is 2.32 bits per heavy atom. The molecule has 0 aliphatic heterocycles. The Hall–Kier alpha value is -2.54. The van der Waals surface area contributed by atoms with Crippen LogP contribution in [0.3, 0.4) is 0 Å². The van der Waals surface area contributed by atoms with Gasteiger partial charge in [-0.25, -0.2) is 0 Å². The Labute approximate surface area is 144 Å². The molecule has 0 saturated carbocycles. The number of amides is 1. The molecule has 2 rings (SSSR count). The molecule has 25 heavy (non-hydrogen) atoms. The van der Waals surface area contributed by atoms with Crippen LogP contribution < -0.4 is 16.4 Å². The van der Waals surface area contributed by atoms with Gasteiger partial charge in [-0.3, -0.25) is 4.79 Å². The molecule has 2 aromatic rings. The summed E-state index contributed by atoms with van der Waals surface area (Å²) in [5, 5.41) is 5.97. The molecule has 0 aromatic heterocycles. The first-order valence-corrected chi connectivity index (χ1v) is 7.78. The first-order chi connectivity index (χ1) is 11.8. The predicted molar refractivity (Wildman–Crippen MR) is 90.7 cm³/mol. The van der Waals surface area contributed by atoms with Crippen molar-refractivity contribution >= 4 is 11.6 Å². The van der Waals surface area contributed by atoms with Crippen LogP contribution in [0.5, 0.6) is 0 Å². The van der Waals surface area contributed by atoms with Gasteiger partial charge in [-0.05, 0) is 36.2 Å². The lowest BCUT2D eigenvalue weighted by atomic mass is 10.1. The SMILES string of the molecule is CC(NCc1ccc(NCc2ccccc2C(F)(F)F)cc1)C(N)=O. The summed E-state index contributed by atoms with van der Waals surface area (Å²) in [5.74, 6) is -0.429. The van der Waals surface area contributed by atoms with E-state index in [1.165, 1.54) is 12.1 Å². The number of anilines is 1. The summed E-state index contributed by atoms with van der Waals surface area (Å²) in [6.07, 6.45) is -4.37. The molecule has 7 heteroatoms. The number of alkyl halides is 3. The van der Waals surface area contributed by atoms with E-state index in [0.29, 0.717) is 12.2 Å². The van der Waals surface area contributed by atoms with Crippen LogP contribution in [0.2, 0.25) is 0 Å². The Balaban J connectivity index is 1.95. The minimum absolute atomic E-state index is 0.0754. The lowest BCUT2D eigenvalue weighted by molar-refractivity contribution is -0.138. The quantitative estimate of drug-likeness (QED) is 0.717. The van der Waals surface area contributed by atoms with E-state index >= 15 is 0 Å². The van der Waals surface area contributed by atoms with Gasteiger partial charge in [0.1, 0.15) is 0 Å². The standard InChI is InChI=1S/C18H20F3N3O/c1-12(17(22)25)23-10-13-6-8-15(9-7-13)24-11-14-4-2-3-5-16(14)18(19,20)21/h2-9,12,23-24H,10-11H2,1H3,(H2,22,25). The minimum Gasteiger partial charge on any atom is -0.381 e. The fourth-order valence-corrected chi connectivity index (χ4v) is 2.26. The third kappa shape index (κ3) is 5.49. The lowest BCUT2D eigenvalue weighted by Gasteiger charge is -2.14. The highest BCUT2D eigenvalue weighted by molar-refractivity contribution is 5.79. The first kappa shape index (κ1) is 18.8.